The van der Waals surface area contributed by atoms with Gasteiger partial charge in [-0.1, -0.05) is 158 Å². The lowest BCUT2D eigenvalue weighted by Crippen LogP contribution is -2.10. The van der Waals surface area contributed by atoms with Gasteiger partial charge < -0.3 is 9.32 Å². The normalized spacial score (nSPS) is 11.5. The molecular formula is C54H35NOS. The van der Waals surface area contributed by atoms with Gasteiger partial charge in [-0.15, -0.1) is 11.3 Å². The summed E-state index contributed by atoms with van der Waals surface area (Å²) in [5.41, 5.74) is 14.6. The van der Waals surface area contributed by atoms with Crippen molar-refractivity contribution in [1.29, 1.82) is 0 Å². The van der Waals surface area contributed by atoms with E-state index in [1.165, 1.54) is 53.6 Å². The second-order valence-electron chi connectivity index (χ2n) is 14.5. The molecule has 0 aliphatic carbocycles. The van der Waals surface area contributed by atoms with E-state index in [1.54, 1.807) is 0 Å². The van der Waals surface area contributed by atoms with E-state index in [9.17, 15) is 0 Å². The summed E-state index contributed by atoms with van der Waals surface area (Å²) >= 11 is 1.88. The van der Waals surface area contributed by atoms with Gasteiger partial charge >= 0.3 is 0 Å². The van der Waals surface area contributed by atoms with Gasteiger partial charge in [-0.2, -0.15) is 0 Å². The molecule has 11 rings (SSSR count). The highest BCUT2D eigenvalue weighted by Gasteiger charge is 2.21. The Labute approximate surface area is 335 Å². The average molecular weight is 746 g/mol. The number of para-hydroxylation sites is 1. The molecule has 2 nitrogen and oxygen atoms in total. The Hall–Kier alpha value is -7.20. The van der Waals surface area contributed by atoms with Gasteiger partial charge in [-0.25, -0.2) is 0 Å². The molecule has 0 unspecified atom stereocenters. The van der Waals surface area contributed by atoms with E-state index in [4.69, 9.17) is 4.42 Å². The zero-order valence-electron chi connectivity index (χ0n) is 31.0. The van der Waals surface area contributed by atoms with Gasteiger partial charge in [0, 0.05) is 37.6 Å². The number of anilines is 3. The molecule has 0 amide bonds. The Morgan fingerprint density at radius 3 is 1.56 bits per heavy atom. The summed E-state index contributed by atoms with van der Waals surface area (Å²) in [6.07, 6.45) is 0. The molecule has 11 aromatic rings. The van der Waals surface area contributed by atoms with E-state index in [0.29, 0.717) is 0 Å². The molecule has 0 spiro atoms. The van der Waals surface area contributed by atoms with Gasteiger partial charge in [0.05, 0.1) is 10.4 Å². The van der Waals surface area contributed by atoms with Gasteiger partial charge in [0.1, 0.15) is 11.2 Å². The minimum atomic E-state index is 0.900. The lowest BCUT2D eigenvalue weighted by atomic mass is 9.97. The van der Waals surface area contributed by atoms with Crippen LogP contribution in [0.4, 0.5) is 17.1 Å². The number of benzene rings is 9. The Morgan fingerprint density at radius 1 is 0.316 bits per heavy atom. The maximum Gasteiger partial charge on any atom is 0.136 e. The number of fused-ring (bicyclic) bond motifs is 6. The summed E-state index contributed by atoms with van der Waals surface area (Å²) in [4.78, 5) is 2.45. The molecule has 0 atom stereocenters. The molecule has 0 aliphatic heterocycles. The molecule has 2 aromatic heterocycles. The van der Waals surface area contributed by atoms with Crippen molar-refractivity contribution in [3.8, 4) is 44.5 Å². The Morgan fingerprint density at radius 2 is 0.860 bits per heavy atom. The van der Waals surface area contributed by atoms with E-state index in [-0.39, 0.29) is 0 Å². The van der Waals surface area contributed by atoms with Crippen molar-refractivity contribution >= 4 is 70.5 Å². The molecule has 2 heterocycles. The number of hydrogen-bond donors (Lipinski definition) is 0. The molecule has 57 heavy (non-hydrogen) atoms. The highest BCUT2D eigenvalue weighted by Crippen LogP contribution is 2.48. The van der Waals surface area contributed by atoms with Crippen molar-refractivity contribution in [2.75, 3.05) is 4.90 Å². The molecule has 0 saturated carbocycles. The maximum atomic E-state index is 6.28. The average Bonchev–Trinajstić information content (AvgIpc) is 3.86. The van der Waals surface area contributed by atoms with Gasteiger partial charge in [0.15, 0.2) is 0 Å². The van der Waals surface area contributed by atoms with Crippen LogP contribution in [0.5, 0.6) is 0 Å². The zero-order valence-corrected chi connectivity index (χ0v) is 31.8. The number of thiophene rings is 1. The van der Waals surface area contributed by atoms with Crippen molar-refractivity contribution in [3.05, 3.63) is 212 Å². The second kappa shape index (κ2) is 13.8. The fourth-order valence-corrected chi connectivity index (χ4v) is 9.64. The van der Waals surface area contributed by atoms with Crippen LogP contribution in [0.25, 0.3) is 86.6 Å². The molecule has 0 bridgehead atoms. The summed E-state index contributed by atoms with van der Waals surface area (Å²) < 4.78 is 8.83. The van der Waals surface area contributed by atoms with Crippen LogP contribution in [0.3, 0.4) is 0 Å². The zero-order chi connectivity index (χ0) is 37.7. The van der Waals surface area contributed by atoms with Crippen LogP contribution in [0.1, 0.15) is 0 Å². The third-order valence-electron chi connectivity index (χ3n) is 11.1. The Kier molecular flexibility index (Phi) is 8.04. The first kappa shape index (κ1) is 33.2. The summed E-state index contributed by atoms with van der Waals surface area (Å²) in [5.74, 6) is 0. The molecule has 0 radical (unpaired) electrons. The quantitative estimate of drug-likeness (QED) is 0.162. The fourth-order valence-electron chi connectivity index (χ4n) is 8.30. The van der Waals surface area contributed by atoms with Gasteiger partial charge in [0.2, 0.25) is 0 Å². The number of hydrogen-bond acceptors (Lipinski definition) is 3. The Bertz CT molecular complexity index is 3160. The van der Waals surface area contributed by atoms with Crippen molar-refractivity contribution in [2.24, 2.45) is 0 Å². The molecule has 0 saturated heterocycles. The molecule has 9 aromatic carbocycles. The monoisotopic (exact) mass is 745 g/mol. The molecular weight excluding hydrogens is 711 g/mol. The summed E-state index contributed by atoms with van der Waals surface area (Å²) in [7, 11) is 0. The smallest absolute Gasteiger partial charge is 0.136 e. The van der Waals surface area contributed by atoms with E-state index < -0.39 is 0 Å². The SMILES string of the molecule is c1ccc(-c2cc(-c3ccccc3)cc(N(c3ccc(-c4ccc5c(c4)oc4ccccc45)cc3)c3cccc4c3sc3c(-c5ccccc5)cccc34)c2)cc1. The largest absolute Gasteiger partial charge is 0.456 e. The third-order valence-corrected chi connectivity index (χ3v) is 12.3. The van der Waals surface area contributed by atoms with E-state index in [1.807, 2.05) is 23.5 Å². The van der Waals surface area contributed by atoms with E-state index in [0.717, 1.165) is 50.1 Å². The van der Waals surface area contributed by atoms with Crippen molar-refractivity contribution < 1.29 is 4.42 Å². The Balaban J connectivity index is 1.12. The standard InChI is InChI=1S/C54H35NOS/c1-4-14-36(15-5-1)41-32-42(37-16-6-2-7-17-37)34-44(33-41)55(43-29-26-38(27-30-43)40-28-31-47-46-20-10-11-25-51(46)56-52(47)35-40)50-24-13-23-49-48-22-12-21-45(53(48)57-54(49)50)39-18-8-3-9-19-39/h1-35H. The van der Waals surface area contributed by atoms with Crippen LogP contribution in [0.15, 0.2) is 217 Å². The van der Waals surface area contributed by atoms with Crippen LogP contribution in [0.2, 0.25) is 0 Å². The van der Waals surface area contributed by atoms with Crippen LogP contribution in [0, 0.1) is 0 Å². The molecule has 0 fully saturated rings. The fraction of sp³-hybridized carbons (Fsp3) is 0. The first-order chi connectivity index (χ1) is 28.2. The van der Waals surface area contributed by atoms with Crippen molar-refractivity contribution in [2.45, 2.75) is 0 Å². The molecule has 3 heteroatoms. The maximum absolute atomic E-state index is 6.28. The van der Waals surface area contributed by atoms with E-state index in [2.05, 4.69) is 205 Å². The predicted octanol–water partition coefficient (Wildman–Crippen LogP) is 16.1. The van der Waals surface area contributed by atoms with Crippen LogP contribution >= 0.6 is 11.3 Å². The van der Waals surface area contributed by atoms with Gasteiger partial charge in [-0.3, -0.25) is 0 Å². The third kappa shape index (κ3) is 5.88. The van der Waals surface area contributed by atoms with Crippen molar-refractivity contribution in [3.63, 3.8) is 0 Å². The van der Waals surface area contributed by atoms with Crippen LogP contribution in [-0.2, 0) is 0 Å². The minimum absolute atomic E-state index is 0.900. The first-order valence-electron chi connectivity index (χ1n) is 19.3. The topological polar surface area (TPSA) is 16.4 Å². The van der Waals surface area contributed by atoms with E-state index >= 15 is 0 Å². The molecule has 0 N–H and O–H groups in total. The highest BCUT2D eigenvalue weighted by molar-refractivity contribution is 7.27. The number of furan rings is 1. The van der Waals surface area contributed by atoms with Crippen LogP contribution < -0.4 is 4.90 Å². The van der Waals surface area contributed by atoms with Gasteiger partial charge in [0.25, 0.3) is 0 Å². The number of nitrogens with zero attached hydrogens (tertiary/aromatic N) is 1. The minimum Gasteiger partial charge on any atom is -0.456 e. The van der Waals surface area contributed by atoms with Gasteiger partial charge in [-0.05, 0) is 99.1 Å². The molecule has 0 aliphatic rings. The summed E-state index contributed by atoms with van der Waals surface area (Å²) in [6.45, 7) is 0. The summed E-state index contributed by atoms with van der Waals surface area (Å²) in [5, 5.41) is 4.81. The van der Waals surface area contributed by atoms with Crippen LogP contribution in [-0.4, -0.2) is 0 Å². The lowest BCUT2D eigenvalue weighted by molar-refractivity contribution is 0.669. The second-order valence-corrected chi connectivity index (χ2v) is 15.5. The van der Waals surface area contributed by atoms with Crippen molar-refractivity contribution in [1.82, 2.24) is 0 Å². The first-order valence-corrected chi connectivity index (χ1v) is 20.1. The lowest BCUT2D eigenvalue weighted by Gasteiger charge is -2.27. The number of rotatable bonds is 7. The molecule has 268 valence electrons. The highest BCUT2D eigenvalue weighted by atomic mass is 32.1. The predicted molar refractivity (Wildman–Crippen MR) is 243 cm³/mol. The summed E-state index contributed by atoms with van der Waals surface area (Å²) in [6, 6.07) is 76.4.